The van der Waals surface area contributed by atoms with Gasteiger partial charge in [0.05, 0.1) is 18.8 Å². The van der Waals surface area contributed by atoms with Gasteiger partial charge in [0.2, 0.25) is 5.88 Å². The lowest BCUT2D eigenvalue weighted by Gasteiger charge is -2.42. The third kappa shape index (κ3) is 2.47. The zero-order valence-electron chi connectivity index (χ0n) is 11.3. The van der Waals surface area contributed by atoms with Crippen molar-refractivity contribution in [1.82, 2.24) is 15.3 Å². The number of aromatic nitrogens is 2. The van der Waals surface area contributed by atoms with Crippen molar-refractivity contribution in [3.63, 3.8) is 0 Å². The molecule has 0 aromatic carbocycles. The molecule has 1 fully saturated rings. The summed E-state index contributed by atoms with van der Waals surface area (Å²) in [7, 11) is 5.34. The molecule has 1 heterocycles. The van der Waals surface area contributed by atoms with Crippen LogP contribution in [-0.4, -0.2) is 36.8 Å². The van der Waals surface area contributed by atoms with E-state index in [0.29, 0.717) is 5.88 Å². The van der Waals surface area contributed by atoms with Gasteiger partial charge in [-0.1, -0.05) is 0 Å². The van der Waals surface area contributed by atoms with Crippen LogP contribution < -0.4 is 10.1 Å². The van der Waals surface area contributed by atoms with Crippen LogP contribution in [0.5, 0.6) is 5.88 Å². The number of methoxy groups -OCH3 is 2. The first-order valence-electron chi connectivity index (χ1n) is 6.32. The highest BCUT2D eigenvalue weighted by atomic mass is 16.5. The molecule has 2 rings (SSSR count). The quantitative estimate of drug-likeness (QED) is 0.834. The van der Waals surface area contributed by atoms with E-state index in [1.807, 2.05) is 7.05 Å². The molecule has 0 spiro atoms. The third-order valence-corrected chi connectivity index (χ3v) is 3.84. The highest BCUT2D eigenvalue weighted by molar-refractivity contribution is 5.22. The molecule has 1 aromatic heterocycles. The summed E-state index contributed by atoms with van der Waals surface area (Å²) in [4.78, 5) is 8.59. The van der Waals surface area contributed by atoms with Gasteiger partial charge >= 0.3 is 0 Å². The molecule has 1 N–H and O–H groups in total. The second-order valence-electron chi connectivity index (χ2n) is 4.74. The second kappa shape index (κ2) is 5.63. The van der Waals surface area contributed by atoms with E-state index in [-0.39, 0.29) is 11.6 Å². The summed E-state index contributed by atoms with van der Waals surface area (Å²) < 4.78 is 10.9. The summed E-state index contributed by atoms with van der Waals surface area (Å²) in [5.74, 6) is 0.586. The Balaban J connectivity index is 2.17. The van der Waals surface area contributed by atoms with E-state index in [9.17, 15) is 0 Å². The maximum absolute atomic E-state index is 5.67. The Morgan fingerprint density at radius 3 is 2.56 bits per heavy atom. The lowest BCUT2D eigenvalue weighted by atomic mass is 9.75. The molecular formula is C13H21N3O2. The topological polar surface area (TPSA) is 56.3 Å². The Morgan fingerprint density at radius 1 is 1.33 bits per heavy atom. The molecule has 1 aliphatic rings. The Kier molecular flexibility index (Phi) is 4.14. The SMILES string of the molecule is CNC(CC1(OC)CCC1)c1nccnc1OC. The van der Waals surface area contributed by atoms with Gasteiger partial charge < -0.3 is 14.8 Å². The van der Waals surface area contributed by atoms with Crippen LogP contribution in [0, 0.1) is 0 Å². The lowest BCUT2D eigenvalue weighted by molar-refractivity contribution is -0.0837. The van der Waals surface area contributed by atoms with E-state index in [1.165, 1.54) is 6.42 Å². The van der Waals surface area contributed by atoms with Crippen molar-refractivity contribution in [1.29, 1.82) is 0 Å². The highest BCUT2D eigenvalue weighted by Crippen LogP contribution is 2.42. The van der Waals surface area contributed by atoms with Crippen LogP contribution in [0.25, 0.3) is 0 Å². The maximum Gasteiger partial charge on any atom is 0.236 e. The van der Waals surface area contributed by atoms with E-state index < -0.39 is 0 Å². The molecule has 0 amide bonds. The van der Waals surface area contributed by atoms with Crippen LogP contribution in [0.2, 0.25) is 0 Å². The molecule has 1 aromatic rings. The van der Waals surface area contributed by atoms with Crippen LogP contribution in [0.1, 0.15) is 37.4 Å². The predicted molar refractivity (Wildman–Crippen MR) is 68.6 cm³/mol. The molecule has 5 heteroatoms. The minimum Gasteiger partial charge on any atom is -0.480 e. The minimum absolute atomic E-state index is 0.00376. The Hall–Kier alpha value is -1.20. The first-order chi connectivity index (χ1) is 8.74. The third-order valence-electron chi connectivity index (χ3n) is 3.84. The van der Waals surface area contributed by atoms with Crippen molar-refractivity contribution in [2.75, 3.05) is 21.3 Å². The molecule has 0 aliphatic heterocycles. The van der Waals surface area contributed by atoms with Crippen molar-refractivity contribution in [2.24, 2.45) is 0 Å². The molecule has 1 aliphatic carbocycles. The molecule has 0 saturated heterocycles. The van der Waals surface area contributed by atoms with Crippen LogP contribution in [0.3, 0.4) is 0 Å². The molecule has 0 bridgehead atoms. The van der Waals surface area contributed by atoms with Gasteiger partial charge in [-0.25, -0.2) is 4.98 Å². The zero-order chi connectivity index (χ0) is 13.0. The van der Waals surface area contributed by atoms with E-state index in [1.54, 1.807) is 26.6 Å². The number of rotatable bonds is 6. The number of nitrogens with zero attached hydrogens (tertiary/aromatic N) is 2. The maximum atomic E-state index is 5.67. The summed E-state index contributed by atoms with van der Waals surface area (Å²) in [6.07, 6.45) is 7.71. The summed E-state index contributed by atoms with van der Waals surface area (Å²) in [6, 6.07) is 0.105. The second-order valence-corrected chi connectivity index (χ2v) is 4.74. The molecule has 1 unspecified atom stereocenters. The number of hydrogen-bond acceptors (Lipinski definition) is 5. The van der Waals surface area contributed by atoms with Crippen molar-refractivity contribution in [3.8, 4) is 5.88 Å². The van der Waals surface area contributed by atoms with Gasteiger partial charge in [-0.05, 0) is 32.7 Å². The van der Waals surface area contributed by atoms with Crippen LogP contribution in [0.15, 0.2) is 12.4 Å². The molecule has 0 radical (unpaired) electrons. The van der Waals surface area contributed by atoms with Gasteiger partial charge in [0.25, 0.3) is 0 Å². The number of hydrogen-bond donors (Lipinski definition) is 1. The van der Waals surface area contributed by atoms with Gasteiger partial charge in [0, 0.05) is 19.5 Å². The van der Waals surface area contributed by atoms with Gasteiger partial charge in [0.1, 0.15) is 5.69 Å². The van der Waals surface area contributed by atoms with E-state index in [2.05, 4.69) is 15.3 Å². The average molecular weight is 251 g/mol. The lowest BCUT2D eigenvalue weighted by Crippen LogP contribution is -2.42. The van der Waals surface area contributed by atoms with Gasteiger partial charge in [-0.15, -0.1) is 0 Å². The molecule has 18 heavy (non-hydrogen) atoms. The van der Waals surface area contributed by atoms with Crippen molar-refractivity contribution >= 4 is 0 Å². The number of ether oxygens (including phenoxy) is 2. The van der Waals surface area contributed by atoms with Gasteiger partial charge in [0.15, 0.2) is 0 Å². The normalized spacial score (nSPS) is 19.1. The first-order valence-corrected chi connectivity index (χ1v) is 6.32. The molecule has 5 nitrogen and oxygen atoms in total. The molecular weight excluding hydrogens is 230 g/mol. The minimum atomic E-state index is -0.00376. The Bertz CT molecular complexity index is 388. The summed E-state index contributed by atoms with van der Waals surface area (Å²) in [5, 5.41) is 3.29. The smallest absolute Gasteiger partial charge is 0.236 e. The molecule has 1 saturated carbocycles. The molecule has 1 atom stereocenters. The predicted octanol–water partition coefficient (Wildman–Crippen LogP) is 1.70. The van der Waals surface area contributed by atoms with E-state index in [4.69, 9.17) is 9.47 Å². The van der Waals surface area contributed by atoms with Crippen LogP contribution in [-0.2, 0) is 4.74 Å². The highest BCUT2D eigenvalue weighted by Gasteiger charge is 2.40. The van der Waals surface area contributed by atoms with Crippen LogP contribution in [0.4, 0.5) is 0 Å². The Labute approximate surface area is 108 Å². The first kappa shape index (κ1) is 13.2. The van der Waals surface area contributed by atoms with E-state index in [0.717, 1.165) is 25.0 Å². The van der Waals surface area contributed by atoms with Crippen LogP contribution >= 0.6 is 0 Å². The summed E-state index contributed by atoms with van der Waals surface area (Å²) in [6.45, 7) is 0. The largest absolute Gasteiger partial charge is 0.480 e. The fraction of sp³-hybridized carbons (Fsp3) is 0.692. The fourth-order valence-corrected chi connectivity index (χ4v) is 2.50. The van der Waals surface area contributed by atoms with Gasteiger partial charge in [-0.2, -0.15) is 0 Å². The summed E-state index contributed by atoms with van der Waals surface area (Å²) >= 11 is 0. The van der Waals surface area contributed by atoms with Crippen molar-refractivity contribution < 1.29 is 9.47 Å². The summed E-state index contributed by atoms with van der Waals surface area (Å²) in [5.41, 5.74) is 0.849. The van der Waals surface area contributed by atoms with Crippen molar-refractivity contribution in [3.05, 3.63) is 18.1 Å². The standard InChI is InChI=1S/C13H21N3O2/c1-14-10(9-13(18-3)5-4-6-13)11-12(17-2)16-8-7-15-11/h7-8,10,14H,4-6,9H2,1-3H3. The number of nitrogens with one attached hydrogen (secondary N) is 1. The monoisotopic (exact) mass is 251 g/mol. The van der Waals surface area contributed by atoms with Gasteiger partial charge in [-0.3, -0.25) is 4.98 Å². The van der Waals surface area contributed by atoms with E-state index >= 15 is 0 Å². The fourth-order valence-electron chi connectivity index (χ4n) is 2.50. The Morgan fingerprint density at radius 2 is 2.06 bits per heavy atom. The average Bonchev–Trinajstić information content (AvgIpc) is 2.38. The van der Waals surface area contributed by atoms with Crippen molar-refractivity contribution in [2.45, 2.75) is 37.3 Å². The zero-order valence-corrected chi connectivity index (χ0v) is 11.3. The molecule has 100 valence electrons.